The zero-order valence-electron chi connectivity index (χ0n) is 12.3. The van der Waals surface area contributed by atoms with Gasteiger partial charge in [-0.05, 0) is 31.7 Å². The molecule has 0 bridgehead atoms. The van der Waals surface area contributed by atoms with Crippen molar-refractivity contribution < 1.29 is 4.79 Å². The van der Waals surface area contributed by atoms with Gasteiger partial charge >= 0.3 is 0 Å². The summed E-state index contributed by atoms with van der Waals surface area (Å²) >= 11 is 6.13. The lowest BCUT2D eigenvalue weighted by Crippen LogP contribution is -2.19. The Morgan fingerprint density at radius 3 is 2.53 bits per heavy atom. The van der Waals surface area contributed by atoms with Crippen LogP contribution in [0.3, 0.4) is 0 Å². The summed E-state index contributed by atoms with van der Waals surface area (Å²) in [6, 6.07) is 0. The summed E-state index contributed by atoms with van der Waals surface area (Å²) in [5.74, 6) is 0.211. The van der Waals surface area contributed by atoms with E-state index in [-0.39, 0.29) is 11.2 Å². The Kier molecular flexibility index (Phi) is 5.56. The van der Waals surface area contributed by atoms with E-state index >= 15 is 0 Å². The van der Waals surface area contributed by atoms with Crippen LogP contribution in [-0.2, 0) is 18.3 Å². The zero-order valence-corrected chi connectivity index (χ0v) is 13.0. The molecule has 0 saturated carbocycles. The van der Waals surface area contributed by atoms with Gasteiger partial charge in [-0.2, -0.15) is 5.10 Å². The van der Waals surface area contributed by atoms with Crippen LogP contribution >= 0.6 is 11.6 Å². The number of rotatable bonds is 7. The van der Waals surface area contributed by atoms with Crippen LogP contribution in [0.5, 0.6) is 0 Å². The molecule has 0 saturated heterocycles. The highest BCUT2D eigenvalue weighted by molar-refractivity contribution is 6.30. The molecule has 0 aliphatic carbocycles. The van der Waals surface area contributed by atoms with E-state index in [1.807, 2.05) is 6.92 Å². The topological polar surface area (TPSA) is 60.9 Å². The Hall–Kier alpha value is -0.870. The number of hydrogen-bond acceptors (Lipinski definition) is 3. The van der Waals surface area contributed by atoms with Gasteiger partial charge < -0.3 is 5.73 Å². The molecule has 0 amide bonds. The number of halogens is 1. The Morgan fingerprint density at radius 1 is 1.42 bits per heavy atom. The molecule has 2 N–H and O–H groups in total. The van der Waals surface area contributed by atoms with Crippen molar-refractivity contribution in [1.82, 2.24) is 9.78 Å². The predicted molar refractivity (Wildman–Crippen MR) is 78.4 cm³/mol. The second kappa shape index (κ2) is 6.53. The van der Waals surface area contributed by atoms with Crippen molar-refractivity contribution in [3.8, 4) is 0 Å². The van der Waals surface area contributed by atoms with Gasteiger partial charge in [0.15, 0.2) is 0 Å². The number of carbonyl (C=O) groups excluding carboxylic acids is 1. The molecule has 1 heterocycles. The average molecular weight is 286 g/mol. The van der Waals surface area contributed by atoms with E-state index in [9.17, 15) is 4.79 Å². The molecular formula is C14H24ClN3O. The van der Waals surface area contributed by atoms with E-state index < -0.39 is 0 Å². The van der Waals surface area contributed by atoms with E-state index in [0.717, 1.165) is 24.1 Å². The second-order valence-electron chi connectivity index (χ2n) is 5.90. The van der Waals surface area contributed by atoms with Crippen LogP contribution in [0.25, 0.3) is 0 Å². The maximum Gasteiger partial charge on any atom is 0.137 e. The minimum Gasteiger partial charge on any atom is -0.330 e. The maximum absolute atomic E-state index is 12.1. The highest BCUT2D eigenvalue weighted by atomic mass is 35.5. The maximum atomic E-state index is 12.1. The van der Waals surface area contributed by atoms with Gasteiger partial charge in [0.2, 0.25) is 0 Å². The molecule has 0 atom stereocenters. The van der Waals surface area contributed by atoms with Crippen LogP contribution in [0, 0.1) is 12.3 Å². The first-order valence-corrected chi connectivity index (χ1v) is 7.04. The molecule has 5 heteroatoms. The molecule has 1 aromatic rings. The van der Waals surface area contributed by atoms with Gasteiger partial charge in [-0.3, -0.25) is 9.48 Å². The summed E-state index contributed by atoms with van der Waals surface area (Å²) in [5, 5.41) is 4.78. The molecule has 0 spiro atoms. The van der Waals surface area contributed by atoms with E-state index in [1.54, 1.807) is 11.7 Å². The van der Waals surface area contributed by atoms with Crippen molar-refractivity contribution in [2.75, 3.05) is 6.54 Å². The number of hydrogen-bond donors (Lipinski definition) is 1. The normalized spacial score (nSPS) is 11.9. The number of Topliss-reactive ketones (excluding diaryl/α,β-unsaturated/α-hetero) is 1. The van der Waals surface area contributed by atoms with E-state index in [2.05, 4.69) is 18.9 Å². The fraction of sp³-hybridized carbons (Fsp3) is 0.714. The van der Waals surface area contributed by atoms with Crippen LogP contribution in [0.1, 0.15) is 44.4 Å². The minimum atomic E-state index is 0.123. The van der Waals surface area contributed by atoms with Crippen molar-refractivity contribution in [2.24, 2.45) is 18.2 Å². The first kappa shape index (κ1) is 16.2. The first-order chi connectivity index (χ1) is 8.76. The summed E-state index contributed by atoms with van der Waals surface area (Å²) < 4.78 is 1.61. The highest BCUT2D eigenvalue weighted by Crippen LogP contribution is 2.27. The molecule has 0 aromatic carbocycles. The number of aromatic nitrogens is 2. The standard InChI is InChI=1S/C14H24ClN3O/c1-10-12(13(15)18(4)17-10)9-11(19)5-6-14(2,3)7-8-16/h5-9,16H2,1-4H3. The van der Waals surface area contributed by atoms with Crippen molar-refractivity contribution >= 4 is 17.4 Å². The van der Waals surface area contributed by atoms with Crippen molar-refractivity contribution in [3.05, 3.63) is 16.4 Å². The molecule has 108 valence electrons. The third-order valence-electron chi connectivity index (χ3n) is 3.55. The smallest absolute Gasteiger partial charge is 0.137 e. The van der Waals surface area contributed by atoms with Gasteiger partial charge in [0.05, 0.1) is 5.69 Å². The zero-order chi connectivity index (χ0) is 14.6. The van der Waals surface area contributed by atoms with Crippen LogP contribution < -0.4 is 5.73 Å². The van der Waals surface area contributed by atoms with Gasteiger partial charge in [-0.1, -0.05) is 25.4 Å². The van der Waals surface area contributed by atoms with Crippen LogP contribution in [0.2, 0.25) is 5.15 Å². The number of carbonyl (C=O) groups is 1. The molecule has 0 fully saturated rings. The van der Waals surface area contributed by atoms with Crippen LogP contribution in [0.15, 0.2) is 0 Å². The summed E-state index contributed by atoms with van der Waals surface area (Å²) in [6.07, 6.45) is 2.74. The van der Waals surface area contributed by atoms with Crippen LogP contribution in [0.4, 0.5) is 0 Å². The molecule has 0 radical (unpaired) electrons. The molecule has 1 rings (SSSR count). The lowest BCUT2D eigenvalue weighted by Gasteiger charge is -2.23. The molecular weight excluding hydrogens is 262 g/mol. The number of nitrogens with zero attached hydrogens (tertiary/aromatic N) is 2. The van der Waals surface area contributed by atoms with Crippen molar-refractivity contribution in [3.63, 3.8) is 0 Å². The van der Waals surface area contributed by atoms with Crippen molar-refractivity contribution in [2.45, 2.75) is 46.5 Å². The molecule has 0 aliphatic rings. The second-order valence-corrected chi connectivity index (χ2v) is 6.25. The fourth-order valence-electron chi connectivity index (χ4n) is 2.15. The number of aryl methyl sites for hydroxylation is 2. The third kappa shape index (κ3) is 4.62. The molecule has 19 heavy (non-hydrogen) atoms. The predicted octanol–water partition coefficient (Wildman–Crippen LogP) is 2.65. The van der Waals surface area contributed by atoms with E-state index in [1.165, 1.54) is 0 Å². The first-order valence-electron chi connectivity index (χ1n) is 6.66. The third-order valence-corrected chi connectivity index (χ3v) is 4.02. The quantitative estimate of drug-likeness (QED) is 0.838. The summed E-state index contributed by atoms with van der Waals surface area (Å²) in [5.41, 5.74) is 7.38. The Bertz CT molecular complexity index is 452. The fourth-order valence-corrected chi connectivity index (χ4v) is 2.40. The Morgan fingerprint density at radius 2 is 2.05 bits per heavy atom. The van der Waals surface area contributed by atoms with Crippen molar-refractivity contribution in [1.29, 1.82) is 0 Å². The van der Waals surface area contributed by atoms with Gasteiger partial charge in [-0.15, -0.1) is 0 Å². The number of ketones is 1. The molecule has 1 aromatic heterocycles. The van der Waals surface area contributed by atoms with Gasteiger partial charge in [0.1, 0.15) is 10.9 Å². The Labute approximate surface area is 120 Å². The lowest BCUT2D eigenvalue weighted by molar-refractivity contribution is -0.119. The Balaban J connectivity index is 2.57. The summed E-state index contributed by atoms with van der Waals surface area (Å²) in [6.45, 7) is 6.84. The van der Waals surface area contributed by atoms with Crippen LogP contribution in [-0.4, -0.2) is 22.1 Å². The van der Waals surface area contributed by atoms with Gasteiger partial charge in [0.25, 0.3) is 0 Å². The lowest BCUT2D eigenvalue weighted by atomic mass is 9.83. The molecule has 0 unspecified atom stereocenters. The minimum absolute atomic E-state index is 0.123. The van der Waals surface area contributed by atoms with Gasteiger partial charge in [0, 0.05) is 25.5 Å². The SMILES string of the molecule is Cc1nn(C)c(Cl)c1CC(=O)CCC(C)(C)CCN. The highest BCUT2D eigenvalue weighted by Gasteiger charge is 2.20. The average Bonchev–Trinajstić information content (AvgIpc) is 2.54. The van der Waals surface area contributed by atoms with Gasteiger partial charge in [-0.25, -0.2) is 0 Å². The monoisotopic (exact) mass is 285 g/mol. The van der Waals surface area contributed by atoms with E-state index in [4.69, 9.17) is 17.3 Å². The molecule has 0 aliphatic heterocycles. The van der Waals surface area contributed by atoms with E-state index in [0.29, 0.717) is 24.5 Å². The molecule has 4 nitrogen and oxygen atoms in total. The number of nitrogens with two attached hydrogens (primary N) is 1. The summed E-state index contributed by atoms with van der Waals surface area (Å²) in [4.78, 5) is 12.1. The largest absolute Gasteiger partial charge is 0.330 e. The summed E-state index contributed by atoms with van der Waals surface area (Å²) in [7, 11) is 1.79.